The van der Waals surface area contributed by atoms with Crippen molar-refractivity contribution in [1.29, 1.82) is 0 Å². The molecule has 1 aliphatic rings. The van der Waals surface area contributed by atoms with Crippen LogP contribution in [0.2, 0.25) is 0 Å². The Morgan fingerprint density at radius 3 is 2.67 bits per heavy atom. The number of aromatic nitrogens is 2. The van der Waals surface area contributed by atoms with Crippen LogP contribution < -0.4 is 16.3 Å². The van der Waals surface area contributed by atoms with Gasteiger partial charge in [0.2, 0.25) is 0 Å². The minimum absolute atomic E-state index is 0.191. The minimum atomic E-state index is -2.42. The van der Waals surface area contributed by atoms with E-state index < -0.39 is 54.7 Å². The predicted molar refractivity (Wildman–Crippen MR) is 108 cm³/mol. The summed E-state index contributed by atoms with van der Waals surface area (Å²) in [5.41, 5.74) is -1.25. The van der Waals surface area contributed by atoms with E-state index in [0.717, 1.165) is 4.57 Å². The lowest BCUT2D eigenvalue weighted by molar-refractivity contribution is -0.149. The normalized spacial score (nSPS) is 27.8. The van der Waals surface area contributed by atoms with Crippen molar-refractivity contribution in [3.05, 3.63) is 33.1 Å². The van der Waals surface area contributed by atoms with Gasteiger partial charge in [0.1, 0.15) is 29.7 Å². The van der Waals surface area contributed by atoms with Crippen molar-refractivity contribution in [2.45, 2.75) is 63.2 Å². The number of H-pyrrole nitrogens is 1. The maximum atomic E-state index is 12.2. The molecule has 1 aliphatic heterocycles. The first-order chi connectivity index (χ1) is 14.0. The van der Waals surface area contributed by atoms with E-state index in [1.54, 1.807) is 20.8 Å². The maximum absolute atomic E-state index is 12.2. The molecule has 30 heavy (non-hydrogen) atoms. The van der Waals surface area contributed by atoms with E-state index >= 15 is 0 Å². The number of rotatable bonds is 9. The molecule has 1 aromatic heterocycles. The Kier molecular flexibility index (Phi) is 8.32. The number of nitrogens with one attached hydrogen (secondary N) is 2. The summed E-state index contributed by atoms with van der Waals surface area (Å²) in [5.74, 6) is -0.560. The van der Waals surface area contributed by atoms with Gasteiger partial charge in [-0.15, -0.1) is 16.1 Å². The molecule has 0 aromatic carbocycles. The molecule has 1 aromatic rings. The number of halogens is 1. The molecule has 13 heteroatoms. The number of nitrogens with zero attached hydrogens (tertiary/aromatic N) is 1. The zero-order valence-electron chi connectivity index (χ0n) is 17.3. The van der Waals surface area contributed by atoms with Gasteiger partial charge in [0.25, 0.3) is 5.56 Å². The monoisotopic (exact) mass is 466 g/mol. The fourth-order valence-electron chi connectivity index (χ4n) is 3.06. The van der Waals surface area contributed by atoms with E-state index in [4.69, 9.17) is 30.3 Å². The van der Waals surface area contributed by atoms with E-state index in [1.165, 1.54) is 26.3 Å². The Morgan fingerprint density at radius 1 is 1.43 bits per heavy atom. The lowest BCUT2D eigenvalue weighted by Gasteiger charge is -2.28. The molecule has 0 amide bonds. The highest BCUT2D eigenvalue weighted by Crippen LogP contribution is 2.44. The number of alkyl halides is 1. The van der Waals surface area contributed by atoms with Crippen LogP contribution in [0, 0.1) is 0 Å². The largest absolute Gasteiger partial charge is 0.613 e. The molecule has 2 rings (SSSR count). The number of aromatic amines is 1. The summed E-state index contributed by atoms with van der Waals surface area (Å²) >= 11 is 6.62. The second-order valence-corrected chi connectivity index (χ2v) is 9.09. The van der Waals surface area contributed by atoms with Crippen molar-refractivity contribution in [3.8, 4) is 0 Å². The van der Waals surface area contributed by atoms with Crippen LogP contribution in [0.15, 0.2) is 21.9 Å². The first kappa shape index (κ1) is 24.6. The molecule has 0 radical (unpaired) electrons. The summed E-state index contributed by atoms with van der Waals surface area (Å²) in [4.78, 5) is 36.2. The minimum Gasteiger partial charge on any atom is -0.462 e. The number of methoxy groups -OCH3 is 1. The fraction of sp³-hybridized carbons (Fsp3) is 0.706. The molecular formula is C17H26ClN3O8P+. The van der Waals surface area contributed by atoms with Gasteiger partial charge >= 0.3 is 19.8 Å². The molecule has 1 saturated heterocycles. The molecule has 0 aliphatic carbocycles. The number of carbonyl (C=O) groups is 1. The molecule has 1 unspecified atom stereocenters. The number of carbonyl (C=O) groups excluding carboxylic acids is 1. The molecule has 11 nitrogen and oxygen atoms in total. The molecular weight excluding hydrogens is 441 g/mol. The van der Waals surface area contributed by atoms with Gasteiger partial charge in [-0.3, -0.25) is 19.1 Å². The summed E-state index contributed by atoms with van der Waals surface area (Å²) in [6.07, 6.45) is -1.51. The van der Waals surface area contributed by atoms with Crippen molar-refractivity contribution < 1.29 is 28.1 Å². The molecule has 2 N–H and O–H groups in total. The van der Waals surface area contributed by atoms with Crippen molar-refractivity contribution >= 4 is 25.7 Å². The van der Waals surface area contributed by atoms with Crippen LogP contribution in [-0.4, -0.2) is 58.5 Å². The Balaban J connectivity index is 2.05. The Labute approximate surface area is 178 Å². The van der Waals surface area contributed by atoms with Gasteiger partial charge in [0.15, 0.2) is 6.23 Å². The van der Waals surface area contributed by atoms with Gasteiger partial charge in [-0.25, -0.2) is 4.79 Å². The van der Waals surface area contributed by atoms with Crippen LogP contribution in [-0.2, 0) is 28.1 Å². The van der Waals surface area contributed by atoms with E-state index in [9.17, 15) is 18.9 Å². The Morgan fingerprint density at radius 2 is 2.10 bits per heavy atom. The summed E-state index contributed by atoms with van der Waals surface area (Å²) in [6, 6.07) is 0.325. The molecule has 0 saturated carbocycles. The van der Waals surface area contributed by atoms with Crippen LogP contribution in [0.4, 0.5) is 0 Å². The number of hydrogen-bond acceptors (Lipinski definition) is 8. The average molecular weight is 467 g/mol. The van der Waals surface area contributed by atoms with Crippen LogP contribution >= 0.6 is 19.8 Å². The number of hydrogen-bond donors (Lipinski definition) is 2. The van der Waals surface area contributed by atoms with Crippen LogP contribution in [0.5, 0.6) is 0 Å². The van der Waals surface area contributed by atoms with E-state index in [1.807, 2.05) is 0 Å². The van der Waals surface area contributed by atoms with Gasteiger partial charge in [0, 0.05) is 19.4 Å². The quantitative estimate of drug-likeness (QED) is 0.310. The van der Waals surface area contributed by atoms with Crippen LogP contribution in [0.3, 0.4) is 0 Å². The van der Waals surface area contributed by atoms with Gasteiger partial charge in [-0.05, 0) is 32.3 Å². The third-order valence-electron chi connectivity index (χ3n) is 4.40. The van der Waals surface area contributed by atoms with E-state index in [0.29, 0.717) is 0 Å². The number of esters is 1. The van der Waals surface area contributed by atoms with Crippen molar-refractivity contribution in [2.24, 2.45) is 0 Å². The van der Waals surface area contributed by atoms with Crippen molar-refractivity contribution in [2.75, 3.05) is 13.7 Å². The molecule has 0 spiro atoms. The second kappa shape index (κ2) is 10.1. The van der Waals surface area contributed by atoms with E-state index in [2.05, 4.69) is 10.1 Å². The molecule has 0 bridgehead atoms. The number of ether oxygens (including phenoxy) is 3. The third-order valence-corrected chi connectivity index (χ3v) is 5.78. The maximum Gasteiger partial charge on any atom is 0.613 e. The first-order valence-corrected chi connectivity index (χ1v) is 10.8. The van der Waals surface area contributed by atoms with Crippen LogP contribution in [0.1, 0.15) is 33.9 Å². The molecule has 1 fully saturated rings. The van der Waals surface area contributed by atoms with E-state index in [-0.39, 0.29) is 12.7 Å². The highest BCUT2D eigenvalue weighted by Gasteiger charge is 2.55. The van der Waals surface area contributed by atoms with Gasteiger partial charge in [-0.1, -0.05) is 5.09 Å². The summed E-state index contributed by atoms with van der Waals surface area (Å²) in [7, 11) is -1.00. The highest BCUT2D eigenvalue weighted by molar-refractivity contribution is 7.36. The predicted octanol–water partition coefficient (Wildman–Crippen LogP) is 1.05. The topological polar surface area (TPSA) is 138 Å². The zero-order valence-corrected chi connectivity index (χ0v) is 18.9. The molecule has 6 atom stereocenters. The lowest BCUT2D eigenvalue weighted by Crippen LogP contribution is -2.44. The SMILES string of the molecule is CO[C@@H]1[C@@H](CO[P+](=O)N[C@H](C)C(=O)OC(C)C)O[C@@H](n2ccc(=O)[nH]c2=O)[C@]1(C)Cl. The smallest absolute Gasteiger partial charge is 0.462 e. The summed E-state index contributed by atoms with van der Waals surface area (Å²) in [6.45, 7) is 6.34. The van der Waals surface area contributed by atoms with Gasteiger partial charge in [-0.2, -0.15) is 0 Å². The molecule has 2 heterocycles. The first-order valence-electron chi connectivity index (χ1n) is 9.22. The fourth-order valence-corrected chi connectivity index (χ4v) is 4.22. The average Bonchev–Trinajstić information content (AvgIpc) is 2.89. The standard InChI is InChI=1S/C17H25ClN3O8P/c1-9(2)28-14(23)10(3)20-30(25)27-8-11-13(26-5)17(4,18)15(29-11)21-7-6-12(22)19-16(21)24/h6-7,9-11,13,15H,8H2,1-5H3,(H-,19,20,22,24,25)/p+1/t10-,11-,13-,15-,17-/m1/s1. The van der Waals surface area contributed by atoms with Gasteiger partial charge in [0.05, 0.1) is 6.10 Å². The van der Waals surface area contributed by atoms with Gasteiger partial charge < -0.3 is 14.2 Å². The van der Waals surface area contributed by atoms with Crippen molar-refractivity contribution in [3.63, 3.8) is 0 Å². The third kappa shape index (κ3) is 5.75. The second-order valence-electron chi connectivity index (χ2n) is 7.24. The highest BCUT2D eigenvalue weighted by atomic mass is 35.5. The van der Waals surface area contributed by atoms with Crippen LogP contribution in [0.25, 0.3) is 0 Å². The lowest BCUT2D eigenvalue weighted by atomic mass is 10.0. The Hall–Kier alpha value is -1.62. The molecule has 168 valence electrons. The zero-order chi connectivity index (χ0) is 22.6. The van der Waals surface area contributed by atoms with Crippen molar-refractivity contribution in [1.82, 2.24) is 14.6 Å². The summed E-state index contributed by atoms with van der Waals surface area (Å²) < 4.78 is 34.9. The summed E-state index contributed by atoms with van der Waals surface area (Å²) in [5, 5.41) is 2.51. The Bertz CT molecular complexity index is 886.